The number of hydrogen-bond donors (Lipinski definition) is 2. The quantitative estimate of drug-likeness (QED) is 0.714. The fraction of sp³-hybridized carbons (Fsp3) is 0.167. The van der Waals surface area contributed by atoms with Crippen LogP contribution in [0.25, 0.3) is 11.4 Å². The number of rotatable bonds is 6. The molecule has 1 amide bonds. The number of nitrogens with one attached hydrogen (secondary N) is 2. The van der Waals surface area contributed by atoms with Gasteiger partial charge >= 0.3 is 0 Å². The summed E-state index contributed by atoms with van der Waals surface area (Å²) in [6.45, 7) is 0.328. The highest BCUT2D eigenvalue weighted by atomic mass is 16.1. The Balaban J connectivity index is 1.70. The SMILES string of the molecule is CNc1cc(CNC(=O)Cc2cccnc2)nc(-c2ccncc2)n1. The number of carbonyl (C=O) groups is 1. The molecule has 2 N–H and O–H groups in total. The predicted molar refractivity (Wildman–Crippen MR) is 94.6 cm³/mol. The highest BCUT2D eigenvalue weighted by molar-refractivity contribution is 5.78. The number of carbonyl (C=O) groups excluding carboxylic acids is 1. The van der Waals surface area contributed by atoms with Crippen LogP contribution in [0.4, 0.5) is 5.82 Å². The maximum absolute atomic E-state index is 12.1. The number of nitrogens with zero attached hydrogens (tertiary/aromatic N) is 4. The maximum Gasteiger partial charge on any atom is 0.224 e. The van der Waals surface area contributed by atoms with E-state index in [1.54, 1.807) is 31.8 Å². The van der Waals surface area contributed by atoms with Crippen LogP contribution in [0.5, 0.6) is 0 Å². The van der Waals surface area contributed by atoms with E-state index in [0.29, 0.717) is 18.2 Å². The van der Waals surface area contributed by atoms with Crippen molar-refractivity contribution in [1.82, 2.24) is 25.3 Å². The van der Waals surface area contributed by atoms with E-state index < -0.39 is 0 Å². The second-order valence-corrected chi connectivity index (χ2v) is 5.37. The fourth-order valence-electron chi connectivity index (χ4n) is 2.29. The molecule has 0 atom stereocenters. The minimum absolute atomic E-state index is 0.0805. The molecule has 3 heterocycles. The van der Waals surface area contributed by atoms with E-state index in [0.717, 1.165) is 16.8 Å². The number of anilines is 1. The van der Waals surface area contributed by atoms with Gasteiger partial charge in [-0.3, -0.25) is 14.8 Å². The van der Waals surface area contributed by atoms with Crippen molar-refractivity contribution >= 4 is 11.7 Å². The van der Waals surface area contributed by atoms with Crippen molar-refractivity contribution < 1.29 is 4.79 Å². The molecular formula is C18H18N6O. The zero-order valence-electron chi connectivity index (χ0n) is 13.8. The average molecular weight is 334 g/mol. The molecule has 7 nitrogen and oxygen atoms in total. The largest absolute Gasteiger partial charge is 0.373 e. The Morgan fingerprint density at radius 2 is 1.92 bits per heavy atom. The van der Waals surface area contributed by atoms with Crippen LogP contribution in [0.1, 0.15) is 11.3 Å². The highest BCUT2D eigenvalue weighted by Crippen LogP contribution is 2.17. The third-order valence-electron chi connectivity index (χ3n) is 3.53. The molecule has 0 saturated heterocycles. The molecular weight excluding hydrogens is 316 g/mol. The van der Waals surface area contributed by atoms with Crippen LogP contribution in [0, 0.1) is 0 Å². The van der Waals surface area contributed by atoms with Gasteiger partial charge in [0.15, 0.2) is 5.82 Å². The third kappa shape index (κ3) is 4.57. The molecule has 7 heteroatoms. The first-order valence-corrected chi connectivity index (χ1v) is 7.86. The van der Waals surface area contributed by atoms with Gasteiger partial charge in [0, 0.05) is 43.5 Å². The lowest BCUT2D eigenvalue weighted by Crippen LogP contribution is -2.25. The van der Waals surface area contributed by atoms with Crippen LogP contribution < -0.4 is 10.6 Å². The summed E-state index contributed by atoms with van der Waals surface area (Å²) in [4.78, 5) is 29.1. The molecule has 126 valence electrons. The predicted octanol–water partition coefficient (Wildman–Crippen LogP) is 1.83. The van der Waals surface area contributed by atoms with Gasteiger partial charge in [0.1, 0.15) is 5.82 Å². The van der Waals surface area contributed by atoms with Gasteiger partial charge < -0.3 is 10.6 Å². The van der Waals surface area contributed by atoms with Gasteiger partial charge in [-0.05, 0) is 23.8 Å². The summed E-state index contributed by atoms with van der Waals surface area (Å²) in [6.07, 6.45) is 7.04. The van der Waals surface area contributed by atoms with E-state index >= 15 is 0 Å². The second kappa shape index (κ2) is 7.96. The molecule has 25 heavy (non-hydrogen) atoms. The van der Waals surface area contributed by atoms with Crippen molar-refractivity contribution in [2.75, 3.05) is 12.4 Å². The van der Waals surface area contributed by atoms with Gasteiger partial charge in [-0.15, -0.1) is 0 Å². The first-order chi connectivity index (χ1) is 12.2. The Morgan fingerprint density at radius 3 is 2.64 bits per heavy atom. The standard InChI is InChI=1S/C18H18N6O/c1-19-16-10-15(23-18(24-16)14-4-7-20-8-5-14)12-22-17(25)9-13-3-2-6-21-11-13/h2-8,10-11H,9,12H2,1H3,(H,22,25)(H,19,23,24). The highest BCUT2D eigenvalue weighted by Gasteiger charge is 2.08. The molecule has 0 aliphatic carbocycles. The number of amides is 1. The second-order valence-electron chi connectivity index (χ2n) is 5.37. The molecule has 0 fully saturated rings. The number of aromatic nitrogens is 4. The van der Waals surface area contributed by atoms with E-state index in [-0.39, 0.29) is 12.3 Å². The molecule has 0 aromatic carbocycles. The summed E-state index contributed by atoms with van der Waals surface area (Å²) in [5.41, 5.74) is 2.47. The minimum atomic E-state index is -0.0805. The van der Waals surface area contributed by atoms with Crippen molar-refractivity contribution in [3.63, 3.8) is 0 Å². The maximum atomic E-state index is 12.1. The Labute approximate surface area is 145 Å². The van der Waals surface area contributed by atoms with E-state index in [4.69, 9.17) is 0 Å². The Bertz CT molecular complexity index is 839. The lowest BCUT2D eigenvalue weighted by atomic mass is 10.2. The molecule has 0 aliphatic rings. The smallest absolute Gasteiger partial charge is 0.224 e. The summed E-state index contributed by atoms with van der Waals surface area (Å²) in [5.74, 6) is 1.20. The summed E-state index contributed by atoms with van der Waals surface area (Å²) in [7, 11) is 1.80. The number of hydrogen-bond acceptors (Lipinski definition) is 6. The minimum Gasteiger partial charge on any atom is -0.373 e. The van der Waals surface area contributed by atoms with Gasteiger partial charge in [-0.25, -0.2) is 9.97 Å². The number of pyridine rings is 2. The van der Waals surface area contributed by atoms with Crippen molar-refractivity contribution in [1.29, 1.82) is 0 Å². The molecule has 0 saturated carbocycles. The topological polar surface area (TPSA) is 92.7 Å². The van der Waals surface area contributed by atoms with Crippen LogP contribution in [0.2, 0.25) is 0 Å². The summed E-state index contributed by atoms with van der Waals surface area (Å²) in [6, 6.07) is 9.19. The average Bonchev–Trinajstić information content (AvgIpc) is 2.67. The Kier molecular flexibility index (Phi) is 5.26. The summed E-state index contributed by atoms with van der Waals surface area (Å²) in [5, 5.41) is 5.90. The van der Waals surface area contributed by atoms with E-state index in [1.165, 1.54) is 0 Å². The van der Waals surface area contributed by atoms with Crippen LogP contribution in [-0.4, -0.2) is 32.9 Å². The third-order valence-corrected chi connectivity index (χ3v) is 3.53. The molecule has 0 aliphatic heterocycles. The van der Waals surface area contributed by atoms with Gasteiger partial charge in [0.05, 0.1) is 18.7 Å². The lowest BCUT2D eigenvalue weighted by molar-refractivity contribution is -0.120. The zero-order chi connectivity index (χ0) is 17.5. The van der Waals surface area contributed by atoms with Crippen molar-refractivity contribution in [2.45, 2.75) is 13.0 Å². The molecule has 3 rings (SSSR count). The van der Waals surface area contributed by atoms with Crippen LogP contribution in [0.3, 0.4) is 0 Å². The normalized spacial score (nSPS) is 10.3. The van der Waals surface area contributed by atoms with Crippen molar-refractivity contribution in [3.8, 4) is 11.4 Å². The Hall–Kier alpha value is -3.35. The van der Waals surface area contributed by atoms with E-state index in [2.05, 4.69) is 30.6 Å². The zero-order valence-corrected chi connectivity index (χ0v) is 13.8. The van der Waals surface area contributed by atoms with Crippen molar-refractivity contribution in [2.24, 2.45) is 0 Å². The monoisotopic (exact) mass is 334 g/mol. The Morgan fingerprint density at radius 1 is 1.08 bits per heavy atom. The van der Waals surface area contributed by atoms with E-state index in [9.17, 15) is 4.79 Å². The molecule has 0 unspecified atom stereocenters. The van der Waals surface area contributed by atoms with Crippen LogP contribution >= 0.6 is 0 Å². The molecule has 0 radical (unpaired) electrons. The molecule has 0 spiro atoms. The summed E-state index contributed by atoms with van der Waals surface area (Å²) < 4.78 is 0. The van der Waals surface area contributed by atoms with Crippen LogP contribution in [-0.2, 0) is 17.8 Å². The van der Waals surface area contributed by atoms with Gasteiger partial charge in [-0.2, -0.15) is 0 Å². The van der Waals surface area contributed by atoms with Gasteiger partial charge in [0.2, 0.25) is 5.91 Å². The molecule has 0 bridgehead atoms. The van der Waals surface area contributed by atoms with Crippen LogP contribution in [0.15, 0.2) is 55.1 Å². The fourth-order valence-corrected chi connectivity index (χ4v) is 2.29. The first-order valence-electron chi connectivity index (χ1n) is 7.86. The van der Waals surface area contributed by atoms with E-state index in [1.807, 2.05) is 30.3 Å². The van der Waals surface area contributed by atoms with Crippen molar-refractivity contribution in [3.05, 3.63) is 66.4 Å². The molecule has 3 aromatic rings. The lowest BCUT2D eigenvalue weighted by Gasteiger charge is -2.09. The first kappa shape index (κ1) is 16.5. The van der Waals surface area contributed by atoms with Gasteiger partial charge in [0.25, 0.3) is 0 Å². The summed E-state index contributed by atoms with van der Waals surface area (Å²) >= 11 is 0. The molecule has 3 aromatic heterocycles. The van der Waals surface area contributed by atoms with Gasteiger partial charge in [-0.1, -0.05) is 6.07 Å².